The summed E-state index contributed by atoms with van der Waals surface area (Å²) in [7, 11) is -2.03. The largest absolute Gasteiger partial charge is 0.519 e. The van der Waals surface area contributed by atoms with Gasteiger partial charge in [-0.1, -0.05) is 72.6 Å². The van der Waals surface area contributed by atoms with Crippen LogP contribution in [0, 0.1) is 0 Å². The van der Waals surface area contributed by atoms with Crippen LogP contribution in [0.3, 0.4) is 0 Å². The fourth-order valence-corrected chi connectivity index (χ4v) is 8.05. The molecule has 0 amide bonds. The van der Waals surface area contributed by atoms with Crippen molar-refractivity contribution < 1.29 is 28.3 Å². The molecule has 6 nitrogen and oxygen atoms in total. The molecule has 0 fully saturated rings. The molecule has 0 saturated carbocycles. The molecule has 0 N–H and O–H groups in total. The van der Waals surface area contributed by atoms with Crippen LogP contribution >= 0.6 is 0 Å². The third-order valence-corrected chi connectivity index (χ3v) is 9.86. The van der Waals surface area contributed by atoms with E-state index in [-0.39, 0.29) is 12.6 Å². The van der Waals surface area contributed by atoms with Crippen molar-refractivity contribution >= 4 is 26.2 Å². The van der Waals surface area contributed by atoms with Crippen LogP contribution in [0.4, 0.5) is 0 Å². The quantitative estimate of drug-likeness (QED) is 0.0876. The lowest BCUT2D eigenvalue weighted by atomic mass is 10.2. The summed E-state index contributed by atoms with van der Waals surface area (Å²) in [5.74, 6) is -1.22. The maximum absolute atomic E-state index is 12.6. The Bertz CT molecular complexity index is 525. The van der Waals surface area contributed by atoms with E-state index in [1.54, 1.807) is 0 Å². The minimum atomic E-state index is -2.03. The van der Waals surface area contributed by atoms with Crippen LogP contribution in [0.1, 0.15) is 98.3 Å². The van der Waals surface area contributed by atoms with E-state index in [1.165, 1.54) is 0 Å². The molecular formula is C25H46O6Si. The van der Waals surface area contributed by atoms with Gasteiger partial charge in [-0.25, -0.2) is 9.59 Å². The summed E-state index contributed by atoms with van der Waals surface area (Å²) in [6.45, 7) is 9.13. The normalized spacial score (nSPS) is 11.5. The predicted octanol–water partition coefficient (Wildman–Crippen LogP) is 6.49. The summed E-state index contributed by atoms with van der Waals surface area (Å²) in [5, 5.41) is 0. The highest BCUT2D eigenvalue weighted by atomic mass is 28.4. The molecule has 0 aliphatic rings. The fraction of sp³-hybridized carbons (Fsp3) is 0.800. The van der Waals surface area contributed by atoms with E-state index >= 15 is 0 Å². The van der Waals surface area contributed by atoms with E-state index in [9.17, 15) is 14.4 Å². The van der Waals surface area contributed by atoms with Crippen molar-refractivity contribution in [1.29, 1.82) is 0 Å². The molecule has 0 atom stereocenters. The standard InChI is InChI=1S/C25H46O6Si/c1-5-9-18-29-23(26)16-17-24(27)30-19-14-13-15-25(28)31-32(20-10-6-2,21-11-7-3)22-12-8-4/h16-17H,5-15,18-22H2,1-4H3/b17-16+. The Balaban J connectivity index is 4.34. The predicted molar refractivity (Wildman–Crippen MR) is 131 cm³/mol. The van der Waals surface area contributed by atoms with Gasteiger partial charge in [-0.3, -0.25) is 4.79 Å². The highest BCUT2D eigenvalue weighted by molar-refractivity contribution is 6.75. The molecule has 0 radical (unpaired) electrons. The molecule has 32 heavy (non-hydrogen) atoms. The first-order chi connectivity index (χ1) is 15.4. The summed E-state index contributed by atoms with van der Waals surface area (Å²) in [6.07, 6.45) is 12.2. The van der Waals surface area contributed by atoms with Gasteiger partial charge in [0, 0.05) is 18.6 Å². The number of hydrogen-bond donors (Lipinski definition) is 0. The Hall–Kier alpha value is -1.63. The van der Waals surface area contributed by atoms with Crippen LogP contribution in [0.15, 0.2) is 12.2 Å². The summed E-state index contributed by atoms with van der Waals surface area (Å²) in [4.78, 5) is 35.7. The summed E-state index contributed by atoms with van der Waals surface area (Å²) in [5.41, 5.74) is 0. The van der Waals surface area contributed by atoms with Gasteiger partial charge in [-0.2, -0.15) is 0 Å². The van der Waals surface area contributed by atoms with Crippen LogP contribution in [-0.2, 0) is 28.3 Å². The number of ether oxygens (including phenoxy) is 2. The molecule has 186 valence electrons. The Morgan fingerprint density at radius 1 is 0.625 bits per heavy atom. The summed E-state index contributed by atoms with van der Waals surface area (Å²) < 4.78 is 16.2. The Labute approximate surface area is 196 Å². The minimum Gasteiger partial charge on any atom is -0.519 e. The molecule has 0 aromatic heterocycles. The number of rotatable bonds is 20. The van der Waals surface area contributed by atoms with E-state index in [4.69, 9.17) is 13.9 Å². The first-order valence-electron chi connectivity index (χ1n) is 12.7. The number of unbranched alkanes of at least 4 members (excludes halogenated alkanes) is 5. The van der Waals surface area contributed by atoms with E-state index in [0.717, 1.165) is 81.7 Å². The number of hydrogen-bond acceptors (Lipinski definition) is 6. The lowest BCUT2D eigenvalue weighted by molar-refractivity contribution is -0.140. The van der Waals surface area contributed by atoms with Crippen LogP contribution in [-0.4, -0.2) is 39.4 Å². The first-order valence-corrected chi connectivity index (χ1v) is 15.2. The molecule has 0 unspecified atom stereocenters. The monoisotopic (exact) mass is 470 g/mol. The zero-order chi connectivity index (χ0) is 24.1. The van der Waals surface area contributed by atoms with Gasteiger partial charge in [0.05, 0.1) is 13.2 Å². The molecule has 0 saturated heterocycles. The fourth-order valence-electron chi connectivity index (χ4n) is 3.41. The second-order valence-corrected chi connectivity index (χ2v) is 12.5. The molecule has 0 bridgehead atoms. The van der Waals surface area contributed by atoms with Crippen molar-refractivity contribution in [2.45, 2.75) is 116 Å². The summed E-state index contributed by atoms with van der Waals surface area (Å²) in [6, 6.07) is 3.21. The molecular weight excluding hydrogens is 424 g/mol. The van der Waals surface area contributed by atoms with Gasteiger partial charge in [0.2, 0.25) is 0 Å². The number of esters is 2. The minimum absolute atomic E-state index is 0.0963. The van der Waals surface area contributed by atoms with Gasteiger partial charge in [0.1, 0.15) is 0 Å². The first kappa shape index (κ1) is 30.4. The second-order valence-electron chi connectivity index (χ2n) is 8.45. The molecule has 0 aromatic rings. The van der Waals surface area contributed by atoms with Gasteiger partial charge in [0.15, 0.2) is 0 Å². The third kappa shape index (κ3) is 16.1. The van der Waals surface area contributed by atoms with E-state index in [2.05, 4.69) is 20.8 Å². The van der Waals surface area contributed by atoms with Gasteiger partial charge in [-0.05, 0) is 37.4 Å². The van der Waals surface area contributed by atoms with Crippen molar-refractivity contribution in [3.63, 3.8) is 0 Å². The van der Waals surface area contributed by atoms with E-state index in [0.29, 0.717) is 25.9 Å². The summed E-state index contributed by atoms with van der Waals surface area (Å²) >= 11 is 0. The Morgan fingerprint density at radius 2 is 1.06 bits per heavy atom. The maximum atomic E-state index is 12.6. The molecule has 0 rings (SSSR count). The molecule has 7 heteroatoms. The molecule has 0 heterocycles. The van der Waals surface area contributed by atoms with Crippen molar-refractivity contribution in [2.75, 3.05) is 13.2 Å². The van der Waals surface area contributed by atoms with Crippen LogP contribution in [0.5, 0.6) is 0 Å². The third-order valence-electron chi connectivity index (χ3n) is 5.41. The zero-order valence-electron chi connectivity index (χ0n) is 20.9. The van der Waals surface area contributed by atoms with Crippen LogP contribution in [0.25, 0.3) is 0 Å². The maximum Gasteiger partial charge on any atom is 0.331 e. The Kier molecular flexibility index (Phi) is 19.0. The van der Waals surface area contributed by atoms with Crippen molar-refractivity contribution in [3.05, 3.63) is 12.2 Å². The van der Waals surface area contributed by atoms with Gasteiger partial charge in [0.25, 0.3) is 14.3 Å². The van der Waals surface area contributed by atoms with Crippen molar-refractivity contribution in [1.82, 2.24) is 0 Å². The van der Waals surface area contributed by atoms with Gasteiger partial charge < -0.3 is 13.9 Å². The SMILES string of the molecule is CCCCOC(=O)/C=C/C(=O)OCCCCC(=O)O[Si](CCCC)(CCCC)CCCC. The average molecular weight is 471 g/mol. The van der Waals surface area contributed by atoms with Crippen LogP contribution in [0.2, 0.25) is 18.1 Å². The van der Waals surface area contributed by atoms with Crippen LogP contribution < -0.4 is 0 Å². The van der Waals surface area contributed by atoms with Gasteiger partial charge in [-0.15, -0.1) is 0 Å². The van der Waals surface area contributed by atoms with Crippen molar-refractivity contribution in [3.8, 4) is 0 Å². The average Bonchev–Trinajstić information content (AvgIpc) is 2.78. The number of carbonyl (C=O) groups excluding carboxylic acids is 3. The number of carbonyl (C=O) groups is 3. The topological polar surface area (TPSA) is 78.9 Å². The van der Waals surface area contributed by atoms with Gasteiger partial charge >= 0.3 is 11.9 Å². The smallest absolute Gasteiger partial charge is 0.331 e. The molecule has 0 aliphatic heterocycles. The lowest BCUT2D eigenvalue weighted by Crippen LogP contribution is -2.40. The highest BCUT2D eigenvalue weighted by Crippen LogP contribution is 2.30. The lowest BCUT2D eigenvalue weighted by Gasteiger charge is -2.31. The molecule has 0 spiro atoms. The van der Waals surface area contributed by atoms with Crippen molar-refractivity contribution in [2.24, 2.45) is 0 Å². The van der Waals surface area contributed by atoms with E-state index < -0.39 is 20.3 Å². The highest BCUT2D eigenvalue weighted by Gasteiger charge is 2.36. The molecule has 0 aromatic carbocycles. The molecule has 0 aliphatic carbocycles. The Morgan fingerprint density at radius 3 is 1.50 bits per heavy atom. The zero-order valence-corrected chi connectivity index (χ0v) is 21.9. The second kappa shape index (κ2) is 20.0. The van der Waals surface area contributed by atoms with E-state index in [1.807, 2.05) is 6.92 Å².